The van der Waals surface area contributed by atoms with Gasteiger partial charge in [-0.05, 0) is 42.3 Å². The molecule has 0 aromatic heterocycles. The highest BCUT2D eigenvalue weighted by atomic mass is 16.2. The zero-order chi connectivity index (χ0) is 22.3. The van der Waals surface area contributed by atoms with Gasteiger partial charge in [0.2, 0.25) is 11.8 Å². The highest BCUT2D eigenvalue weighted by Gasteiger charge is 2.22. The average Bonchev–Trinajstić information content (AvgIpc) is 3.26. The molecule has 3 amide bonds. The number of nitrogens with one attached hydrogen (secondary N) is 2. The van der Waals surface area contributed by atoms with Gasteiger partial charge in [-0.3, -0.25) is 14.4 Å². The Morgan fingerprint density at radius 2 is 1.62 bits per heavy atom. The van der Waals surface area contributed by atoms with E-state index in [-0.39, 0.29) is 24.1 Å². The van der Waals surface area contributed by atoms with Gasteiger partial charge in [-0.25, -0.2) is 0 Å². The Morgan fingerprint density at radius 3 is 2.31 bits per heavy atom. The molecular weight excluding hydrogens is 402 g/mol. The van der Waals surface area contributed by atoms with Gasteiger partial charge >= 0.3 is 0 Å². The van der Waals surface area contributed by atoms with Crippen LogP contribution in [-0.4, -0.2) is 24.3 Å². The Hall–Kier alpha value is -3.93. The minimum atomic E-state index is -0.479. The van der Waals surface area contributed by atoms with Gasteiger partial charge in [-0.1, -0.05) is 54.6 Å². The molecule has 4 rings (SSSR count). The molecule has 6 nitrogen and oxygen atoms in total. The molecule has 2 N–H and O–H groups in total. The first kappa shape index (κ1) is 21.3. The van der Waals surface area contributed by atoms with E-state index in [1.165, 1.54) is 0 Å². The largest absolute Gasteiger partial charge is 0.345 e. The van der Waals surface area contributed by atoms with Crippen molar-refractivity contribution in [2.45, 2.75) is 25.3 Å². The van der Waals surface area contributed by atoms with Crippen molar-refractivity contribution in [1.82, 2.24) is 5.32 Å². The number of hydrogen-bond acceptors (Lipinski definition) is 3. The van der Waals surface area contributed by atoms with Crippen molar-refractivity contribution < 1.29 is 14.4 Å². The fourth-order valence-electron chi connectivity index (χ4n) is 3.84. The van der Waals surface area contributed by atoms with Crippen LogP contribution < -0.4 is 15.5 Å². The van der Waals surface area contributed by atoms with E-state index < -0.39 is 6.04 Å². The topological polar surface area (TPSA) is 78.5 Å². The lowest BCUT2D eigenvalue weighted by Crippen LogP contribution is -2.31. The van der Waals surface area contributed by atoms with Gasteiger partial charge in [0.1, 0.15) is 0 Å². The lowest BCUT2D eigenvalue weighted by atomic mass is 10.0. The molecule has 1 unspecified atom stereocenters. The highest BCUT2D eigenvalue weighted by Crippen LogP contribution is 2.25. The number of anilines is 2. The first-order valence-electron chi connectivity index (χ1n) is 10.7. The Balaban J connectivity index is 1.47. The van der Waals surface area contributed by atoms with Gasteiger partial charge in [0.05, 0.1) is 12.5 Å². The summed E-state index contributed by atoms with van der Waals surface area (Å²) in [6.07, 6.45) is 1.47. The molecule has 0 aliphatic carbocycles. The Morgan fingerprint density at radius 1 is 0.906 bits per heavy atom. The van der Waals surface area contributed by atoms with E-state index in [4.69, 9.17) is 0 Å². The number of carbonyl (C=O) groups is 3. The third-order valence-corrected chi connectivity index (χ3v) is 5.45. The molecule has 1 aliphatic rings. The zero-order valence-electron chi connectivity index (χ0n) is 17.7. The quantitative estimate of drug-likeness (QED) is 0.590. The minimum absolute atomic E-state index is 0.0788. The summed E-state index contributed by atoms with van der Waals surface area (Å²) in [5.74, 6) is -0.361. The minimum Gasteiger partial charge on any atom is -0.345 e. The van der Waals surface area contributed by atoms with Crippen molar-refractivity contribution in [3.05, 3.63) is 96.1 Å². The molecule has 0 bridgehead atoms. The van der Waals surface area contributed by atoms with E-state index in [9.17, 15) is 14.4 Å². The summed E-state index contributed by atoms with van der Waals surface area (Å²) >= 11 is 0. The SMILES string of the molecule is O=C(CC(NC(=O)c1ccccc1)c1ccccc1)Nc1cccc(N2CCCC2=O)c1. The van der Waals surface area contributed by atoms with E-state index >= 15 is 0 Å². The second-order valence-electron chi connectivity index (χ2n) is 7.75. The Bertz CT molecular complexity index is 1100. The van der Waals surface area contributed by atoms with Crippen molar-refractivity contribution in [3.8, 4) is 0 Å². The van der Waals surface area contributed by atoms with Crippen LogP contribution in [0.3, 0.4) is 0 Å². The van der Waals surface area contributed by atoms with Gasteiger partial charge < -0.3 is 15.5 Å². The van der Waals surface area contributed by atoms with Gasteiger partial charge in [0, 0.05) is 29.9 Å². The fraction of sp³-hybridized carbons (Fsp3) is 0.192. The fourth-order valence-corrected chi connectivity index (χ4v) is 3.84. The lowest BCUT2D eigenvalue weighted by molar-refractivity contribution is -0.117. The number of carbonyl (C=O) groups excluding carboxylic acids is 3. The monoisotopic (exact) mass is 427 g/mol. The first-order valence-corrected chi connectivity index (χ1v) is 10.7. The number of rotatable bonds is 7. The number of nitrogens with zero attached hydrogens (tertiary/aromatic N) is 1. The summed E-state index contributed by atoms with van der Waals surface area (Å²) in [7, 11) is 0. The molecule has 3 aromatic carbocycles. The first-order chi connectivity index (χ1) is 15.6. The van der Waals surface area contributed by atoms with Gasteiger partial charge in [-0.2, -0.15) is 0 Å². The molecule has 0 saturated carbocycles. The molecular formula is C26H25N3O3. The third-order valence-electron chi connectivity index (χ3n) is 5.45. The predicted octanol–water partition coefficient (Wildman–Crippen LogP) is 4.31. The highest BCUT2D eigenvalue weighted by molar-refractivity contribution is 5.98. The maximum atomic E-state index is 12.9. The maximum Gasteiger partial charge on any atom is 0.251 e. The van der Waals surface area contributed by atoms with Crippen molar-refractivity contribution in [2.75, 3.05) is 16.8 Å². The molecule has 1 heterocycles. The number of amides is 3. The summed E-state index contributed by atoms with van der Waals surface area (Å²) in [5.41, 5.74) is 2.79. The predicted molar refractivity (Wildman–Crippen MR) is 124 cm³/mol. The molecule has 1 saturated heterocycles. The van der Waals surface area contributed by atoms with Crippen LogP contribution >= 0.6 is 0 Å². The maximum absolute atomic E-state index is 12.9. The normalized spacial score (nSPS) is 14.1. The molecule has 3 aromatic rings. The van der Waals surface area contributed by atoms with E-state index in [0.29, 0.717) is 24.2 Å². The lowest BCUT2D eigenvalue weighted by Gasteiger charge is -2.20. The molecule has 1 atom stereocenters. The number of hydrogen-bond donors (Lipinski definition) is 2. The molecule has 162 valence electrons. The van der Waals surface area contributed by atoms with E-state index in [1.54, 1.807) is 41.3 Å². The van der Waals surface area contributed by atoms with Crippen LogP contribution in [0.15, 0.2) is 84.9 Å². The van der Waals surface area contributed by atoms with E-state index in [1.807, 2.05) is 48.5 Å². The second-order valence-corrected chi connectivity index (χ2v) is 7.75. The second kappa shape index (κ2) is 9.92. The Labute approximate surface area is 187 Å². The summed E-state index contributed by atoms with van der Waals surface area (Å²) in [5, 5.41) is 5.88. The van der Waals surface area contributed by atoms with Gasteiger partial charge in [0.15, 0.2) is 0 Å². The van der Waals surface area contributed by atoms with Crippen LogP contribution in [-0.2, 0) is 9.59 Å². The summed E-state index contributed by atoms with van der Waals surface area (Å²) in [6, 6.07) is 25.2. The van der Waals surface area contributed by atoms with Crippen LogP contribution in [0.2, 0.25) is 0 Å². The smallest absolute Gasteiger partial charge is 0.251 e. The van der Waals surface area contributed by atoms with Crippen LogP contribution in [0, 0.1) is 0 Å². The van der Waals surface area contributed by atoms with Crippen molar-refractivity contribution >= 4 is 29.1 Å². The average molecular weight is 428 g/mol. The van der Waals surface area contributed by atoms with Gasteiger partial charge in [-0.15, -0.1) is 0 Å². The summed E-state index contributed by atoms with van der Waals surface area (Å²) in [4.78, 5) is 39.3. The van der Waals surface area contributed by atoms with Crippen LogP contribution in [0.25, 0.3) is 0 Å². The molecule has 0 spiro atoms. The van der Waals surface area contributed by atoms with Gasteiger partial charge in [0.25, 0.3) is 5.91 Å². The molecule has 0 radical (unpaired) electrons. The molecule has 1 fully saturated rings. The van der Waals surface area contributed by atoms with Crippen LogP contribution in [0.1, 0.15) is 41.2 Å². The molecule has 1 aliphatic heterocycles. The Kier molecular flexibility index (Phi) is 6.60. The molecule has 32 heavy (non-hydrogen) atoms. The zero-order valence-corrected chi connectivity index (χ0v) is 17.7. The molecule has 6 heteroatoms. The van der Waals surface area contributed by atoms with Crippen LogP contribution in [0.5, 0.6) is 0 Å². The van der Waals surface area contributed by atoms with Crippen molar-refractivity contribution in [1.29, 1.82) is 0 Å². The summed E-state index contributed by atoms with van der Waals surface area (Å²) < 4.78 is 0. The summed E-state index contributed by atoms with van der Waals surface area (Å²) in [6.45, 7) is 0.692. The third kappa shape index (κ3) is 5.21. The van der Waals surface area contributed by atoms with Crippen molar-refractivity contribution in [3.63, 3.8) is 0 Å². The van der Waals surface area contributed by atoms with E-state index in [0.717, 1.165) is 17.7 Å². The standard InChI is InChI=1S/C26H25N3O3/c30-24(27-21-13-7-14-22(17-21)29-16-8-15-25(29)31)18-23(19-9-3-1-4-10-19)28-26(32)20-11-5-2-6-12-20/h1-7,9-14,17,23H,8,15-16,18H2,(H,27,30)(H,28,32). The van der Waals surface area contributed by atoms with Crippen molar-refractivity contribution in [2.24, 2.45) is 0 Å². The van der Waals surface area contributed by atoms with E-state index in [2.05, 4.69) is 10.6 Å². The van der Waals surface area contributed by atoms with Crippen LogP contribution in [0.4, 0.5) is 11.4 Å². The number of benzene rings is 3.